The Balaban J connectivity index is 2.29. The Morgan fingerprint density at radius 3 is 2.67 bits per heavy atom. The van der Waals surface area contributed by atoms with Gasteiger partial charge in [0, 0.05) is 26.7 Å². The summed E-state index contributed by atoms with van der Waals surface area (Å²) in [7, 11) is 3.40. The number of hydrogen-bond acceptors (Lipinski definition) is 6. The molecule has 2 amide bonds. The van der Waals surface area contributed by atoms with Gasteiger partial charge in [0.1, 0.15) is 9.88 Å². The molecule has 1 fully saturated rings. The lowest BCUT2D eigenvalue weighted by Gasteiger charge is -2.17. The van der Waals surface area contributed by atoms with E-state index in [0.29, 0.717) is 23.0 Å². The molecule has 1 saturated carbocycles. The third kappa shape index (κ3) is 3.45. The molecule has 8 heteroatoms. The number of primary amides is 1. The minimum Gasteiger partial charge on any atom is -0.397 e. The smallest absolute Gasteiger partial charge is 0.263 e. The molecule has 1 aliphatic carbocycles. The van der Waals surface area contributed by atoms with Crippen LogP contribution in [0.1, 0.15) is 32.9 Å². The summed E-state index contributed by atoms with van der Waals surface area (Å²) in [6, 6.07) is 0.227. The van der Waals surface area contributed by atoms with Crippen molar-refractivity contribution in [1.29, 1.82) is 0 Å². The lowest BCUT2D eigenvalue weighted by molar-refractivity contribution is 0.0955. The predicted octanol–water partition coefficient (Wildman–Crippen LogP) is 0.404. The number of nitrogen functional groups attached to an aromatic ring is 1. The average Bonchev–Trinajstić information content (AvgIpc) is 3.16. The van der Waals surface area contributed by atoms with Crippen LogP contribution in [0.5, 0.6) is 0 Å². The number of rotatable bonds is 7. The maximum atomic E-state index is 12.2. The second kappa shape index (κ2) is 6.31. The molecule has 0 atom stereocenters. The van der Waals surface area contributed by atoms with Crippen molar-refractivity contribution in [1.82, 2.24) is 5.32 Å². The van der Waals surface area contributed by atoms with Gasteiger partial charge in [0.15, 0.2) is 0 Å². The molecule has 1 heterocycles. The van der Waals surface area contributed by atoms with E-state index in [4.69, 9.17) is 16.2 Å². The molecule has 1 aromatic heterocycles. The summed E-state index contributed by atoms with van der Waals surface area (Å²) in [5, 5.41) is 3.46. The molecule has 0 unspecified atom stereocenters. The third-order valence-corrected chi connectivity index (χ3v) is 4.59. The van der Waals surface area contributed by atoms with E-state index < -0.39 is 5.91 Å². The molecule has 0 saturated heterocycles. The minimum atomic E-state index is -0.631. The number of anilines is 2. The van der Waals surface area contributed by atoms with Crippen LogP contribution in [-0.2, 0) is 4.74 Å². The zero-order valence-electron chi connectivity index (χ0n) is 12.1. The highest BCUT2D eigenvalue weighted by molar-refractivity contribution is 7.19. The van der Waals surface area contributed by atoms with Crippen LogP contribution in [0.25, 0.3) is 0 Å². The normalized spacial score (nSPS) is 14.0. The van der Waals surface area contributed by atoms with Crippen molar-refractivity contribution < 1.29 is 14.3 Å². The molecular formula is C13H20N4O3S. The standard InChI is InChI=1S/C13H20N4O3S/c1-17(5-6-20-2)13-8(11(15)18)9(14)10(21-13)12(19)16-7-3-4-7/h7H,3-6,14H2,1-2H3,(H2,15,18)(H,16,19). The van der Waals surface area contributed by atoms with Crippen LogP contribution in [0.2, 0.25) is 0 Å². The molecule has 0 spiro atoms. The molecule has 5 N–H and O–H groups in total. The predicted molar refractivity (Wildman–Crippen MR) is 82.9 cm³/mol. The third-order valence-electron chi connectivity index (χ3n) is 3.27. The Hall–Kier alpha value is -1.80. The Bertz CT molecular complexity index is 554. The first-order valence-corrected chi connectivity index (χ1v) is 7.50. The number of carbonyl (C=O) groups is 2. The lowest BCUT2D eigenvalue weighted by Crippen LogP contribution is -2.25. The summed E-state index contributed by atoms with van der Waals surface area (Å²) in [4.78, 5) is 26.0. The summed E-state index contributed by atoms with van der Waals surface area (Å²) in [5.41, 5.74) is 11.7. The van der Waals surface area contributed by atoms with E-state index >= 15 is 0 Å². The second-order valence-corrected chi connectivity index (χ2v) is 6.05. The van der Waals surface area contributed by atoms with Crippen LogP contribution < -0.4 is 21.7 Å². The summed E-state index contributed by atoms with van der Waals surface area (Å²) >= 11 is 1.18. The molecule has 0 bridgehead atoms. The van der Waals surface area contributed by atoms with Crippen molar-refractivity contribution in [2.75, 3.05) is 37.9 Å². The zero-order valence-corrected chi connectivity index (χ0v) is 13.0. The van der Waals surface area contributed by atoms with Crippen LogP contribution in [-0.4, -0.2) is 45.2 Å². The number of carbonyl (C=O) groups excluding carboxylic acids is 2. The number of methoxy groups -OCH3 is 1. The molecule has 1 aromatic rings. The number of nitrogens with zero attached hydrogens (tertiary/aromatic N) is 1. The molecule has 116 valence electrons. The Kier molecular flexibility index (Phi) is 4.69. The fourth-order valence-electron chi connectivity index (χ4n) is 1.92. The average molecular weight is 312 g/mol. The quantitative estimate of drug-likeness (QED) is 0.675. The van der Waals surface area contributed by atoms with Gasteiger partial charge in [0.05, 0.1) is 17.9 Å². The topological polar surface area (TPSA) is 111 Å². The van der Waals surface area contributed by atoms with E-state index in [1.807, 2.05) is 4.90 Å². The highest BCUT2D eigenvalue weighted by Gasteiger charge is 2.29. The monoisotopic (exact) mass is 312 g/mol. The van der Waals surface area contributed by atoms with Crippen molar-refractivity contribution in [2.24, 2.45) is 5.73 Å². The molecule has 0 aromatic carbocycles. The van der Waals surface area contributed by atoms with E-state index in [1.165, 1.54) is 11.3 Å². The number of likely N-dealkylation sites (N-methyl/N-ethyl adjacent to an activating group) is 1. The van der Waals surface area contributed by atoms with Gasteiger partial charge in [0.25, 0.3) is 11.8 Å². The molecule has 0 radical (unpaired) electrons. The van der Waals surface area contributed by atoms with Crippen LogP contribution in [0.15, 0.2) is 0 Å². The molecule has 7 nitrogen and oxygen atoms in total. The molecule has 21 heavy (non-hydrogen) atoms. The van der Waals surface area contributed by atoms with Crippen LogP contribution in [0, 0.1) is 0 Å². The summed E-state index contributed by atoms with van der Waals surface area (Å²) in [5.74, 6) is -0.873. The van der Waals surface area contributed by atoms with Crippen LogP contribution in [0.4, 0.5) is 10.7 Å². The maximum Gasteiger partial charge on any atom is 0.263 e. The highest BCUT2D eigenvalue weighted by Crippen LogP contribution is 2.38. The van der Waals surface area contributed by atoms with Gasteiger partial charge in [-0.15, -0.1) is 11.3 Å². The van der Waals surface area contributed by atoms with Crippen molar-refractivity contribution >= 4 is 33.8 Å². The first-order chi connectivity index (χ1) is 9.95. The van der Waals surface area contributed by atoms with E-state index in [1.54, 1.807) is 14.2 Å². The van der Waals surface area contributed by atoms with E-state index in [-0.39, 0.29) is 23.2 Å². The van der Waals surface area contributed by atoms with Crippen molar-refractivity contribution in [2.45, 2.75) is 18.9 Å². The SMILES string of the molecule is COCCN(C)c1sc(C(=O)NC2CC2)c(N)c1C(N)=O. The number of ether oxygens (including phenoxy) is 1. The van der Waals surface area contributed by atoms with Gasteiger partial charge in [-0.1, -0.05) is 0 Å². The van der Waals surface area contributed by atoms with Gasteiger partial charge in [-0.3, -0.25) is 9.59 Å². The number of thiophene rings is 1. The number of amides is 2. The van der Waals surface area contributed by atoms with E-state index in [2.05, 4.69) is 5.32 Å². The largest absolute Gasteiger partial charge is 0.397 e. The number of nitrogens with two attached hydrogens (primary N) is 2. The lowest BCUT2D eigenvalue weighted by atomic mass is 10.2. The maximum absolute atomic E-state index is 12.2. The Morgan fingerprint density at radius 2 is 2.14 bits per heavy atom. The zero-order chi connectivity index (χ0) is 15.6. The van der Waals surface area contributed by atoms with Gasteiger partial charge >= 0.3 is 0 Å². The van der Waals surface area contributed by atoms with Gasteiger partial charge < -0.3 is 26.4 Å². The second-order valence-electron chi connectivity index (χ2n) is 5.05. The minimum absolute atomic E-state index is 0.157. The molecular weight excluding hydrogens is 292 g/mol. The summed E-state index contributed by atoms with van der Waals surface area (Å²) in [6.45, 7) is 1.07. The van der Waals surface area contributed by atoms with Gasteiger partial charge in [0.2, 0.25) is 0 Å². The fourth-order valence-corrected chi connectivity index (χ4v) is 3.03. The first-order valence-electron chi connectivity index (χ1n) is 6.68. The van der Waals surface area contributed by atoms with Crippen LogP contribution in [0.3, 0.4) is 0 Å². The van der Waals surface area contributed by atoms with Crippen molar-refractivity contribution in [3.05, 3.63) is 10.4 Å². The molecule has 0 aliphatic heterocycles. The fraction of sp³-hybridized carbons (Fsp3) is 0.538. The molecule has 1 aliphatic rings. The number of nitrogens with one attached hydrogen (secondary N) is 1. The van der Waals surface area contributed by atoms with Gasteiger partial charge in [-0.2, -0.15) is 0 Å². The van der Waals surface area contributed by atoms with Crippen molar-refractivity contribution in [3.63, 3.8) is 0 Å². The van der Waals surface area contributed by atoms with Crippen molar-refractivity contribution in [3.8, 4) is 0 Å². The van der Waals surface area contributed by atoms with Crippen LogP contribution >= 0.6 is 11.3 Å². The van der Waals surface area contributed by atoms with Gasteiger partial charge in [-0.05, 0) is 12.8 Å². The first kappa shape index (κ1) is 15.6. The highest BCUT2D eigenvalue weighted by atomic mass is 32.1. The Morgan fingerprint density at radius 1 is 1.48 bits per heavy atom. The Labute approximate surface area is 127 Å². The van der Waals surface area contributed by atoms with Gasteiger partial charge in [-0.25, -0.2) is 0 Å². The van der Waals surface area contributed by atoms with E-state index in [0.717, 1.165) is 12.8 Å². The number of hydrogen-bond donors (Lipinski definition) is 3. The summed E-state index contributed by atoms with van der Waals surface area (Å²) < 4.78 is 5.02. The molecule has 2 rings (SSSR count). The van der Waals surface area contributed by atoms with E-state index in [9.17, 15) is 9.59 Å². The summed E-state index contributed by atoms with van der Waals surface area (Å²) in [6.07, 6.45) is 1.97.